The number of carbonyl (C=O) groups excluding carboxylic acids is 1. The number of nitrogens with one attached hydrogen (secondary N) is 2. The van der Waals surface area contributed by atoms with E-state index in [9.17, 15) is 4.79 Å². The van der Waals surface area contributed by atoms with Crippen molar-refractivity contribution in [1.29, 1.82) is 0 Å². The van der Waals surface area contributed by atoms with Crippen molar-refractivity contribution in [3.8, 4) is 0 Å². The predicted octanol–water partition coefficient (Wildman–Crippen LogP) is 0.198. The summed E-state index contributed by atoms with van der Waals surface area (Å²) >= 11 is 0. The second kappa shape index (κ2) is 4.98. The molecule has 1 aliphatic heterocycles. The first-order chi connectivity index (χ1) is 7.75. The summed E-state index contributed by atoms with van der Waals surface area (Å²) in [6.07, 6.45) is 4.69. The average Bonchev–Trinajstić information content (AvgIpc) is 2.30. The summed E-state index contributed by atoms with van der Waals surface area (Å²) in [6.45, 7) is 2.97. The maximum Gasteiger partial charge on any atom is 0.249 e. The molecule has 2 heterocycles. The molecule has 2 N–H and O–H groups in total. The molecule has 0 radical (unpaired) electrons. The Labute approximate surface area is 93.9 Å². The van der Waals surface area contributed by atoms with E-state index in [2.05, 4.69) is 32.7 Å². The van der Waals surface area contributed by atoms with E-state index in [1.807, 2.05) is 0 Å². The first-order valence-corrected chi connectivity index (χ1v) is 5.43. The molecule has 6 nitrogen and oxygen atoms in total. The second-order valence-corrected chi connectivity index (χ2v) is 4.03. The number of aromatic nitrogens is 3. The number of carbonyl (C=O) groups is 1. The van der Waals surface area contributed by atoms with Gasteiger partial charge in [-0.25, -0.2) is 4.98 Å². The number of nitrogens with zero attached hydrogens (tertiary/aromatic N) is 3. The molecular formula is C10H15N5O. The van der Waals surface area contributed by atoms with Gasteiger partial charge in [0.15, 0.2) is 0 Å². The summed E-state index contributed by atoms with van der Waals surface area (Å²) in [5.74, 6) is 0.306. The van der Waals surface area contributed by atoms with Gasteiger partial charge in [0.25, 0.3) is 0 Å². The van der Waals surface area contributed by atoms with Gasteiger partial charge >= 0.3 is 0 Å². The molecule has 1 aromatic rings. The van der Waals surface area contributed by atoms with E-state index in [0.29, 0.717) is 6.04 Å². The number of anilines is 1. The van der Waals surface area contributed by atoms with Gasteiger partial charge in [-0.3, -0.25) is 10.1 Å². The molecule has 1 aliphatic rings. The third-order valence-electron chi connectivity index (χ3n) is 2.71. The first-order valence-electron chi connectivity index (χ1n) is 5.43. The Morgan fingerprint density at radius 2 is 2.44 bits per heavy atom. The summed E-state index contributed by atoms with van der Waals surface area (Å²) < 4.78 is 0. The Morgan fingerprint density at radius 3 is 3.12 bits per heavy atom. The Bertz CT molecular complexity index is 355. The molecule has 2 atom stereocenters. The van der Waals surface area contributed by atoms with Gasteiger partial charge in [0.1, 0.15) is 0 Å². The third kappa shape index (κ3) is 2.73. The molecule has 2 unspecified atom stereocenters. The molecule has 1 saturated heterocycles. The monoisotopic (exact) mass is 221 g/mol. The van der Waals surface area contributed by atoms with Crippen LogP contribution in [0.15, 0.2) is 12.4 Å². The van der Waals surface area contributed by atoms with Gasteiger partial charge in [0.05, 0.1) is 12.4 Å². The molecule has 6 heteroatoms. The first kappa shape index (κ1) is 10.9. The van der Waals surface area contributed by atoms with E-state index in [1.165, 1.54) is 12.4 Å². The predicted molar refractivity (Wildman–Crippen MR) is 58.6 cm³/mol. The minimum absolute atomic E-state index is 0.0126. The zero-order chi connectivity index (χ0) is 11.4. The van der Waals surface area contributed by atoms with Crippen LogP contribution in [0.5, 0.6) is 0 Å². The lowest BCUT2D eigenvalue weighted by Gasteiger charge is -2.26. The van der Waals surface area contributed by atoms with Crippen molar-refractivity contribution >= 4 is 11.9 Å². The van der Waals surface area contributed by atoms with Gasteiger partial charge in [0, 0.05) is 12.0 Å². The van der Waals surface area contributed by atoms with Gasteiger partial charge < -0.3 is 5.32 Å². The normalized spacial score (nSPS) is 25.1. The second-order valence-electron chi connectivity index (χ2n) is 4.03. The fraction of sp³-hybridized carbons (Fsp3) is 0.600. The van der Waals surface area contributed by atoms with Crippen LogP contribution < -0.4 is 10.6 Å². The van der Waals surface area contributed by atoms with Crippen LogP contribution in [0.2, 0.25) is 0 Å². The molecule has 0 aromatic carbocycles. The highest BCUT2D eigenvalue weighted by Crippen LogP contribution is 2.17. The van der Waals surface area contributed by atoms with Crippen molar-refractivity contribution in [2.75, 3.05) is 11.9 Å². The van der Waals surface area contributed by atoms with Gasteiger partial charge in [-0.2, -0.15) is 5.10 Å². The van der Waals surface area contributed by atoms with Gasteiger partial charge in [-0.05, 0) is 26.3 Å². The largest absolute Gasteiger partial charge is 0.314 e. The van der Waals surface area contributed by atoms with Crippen LogP contribution in [-0.2, 0) is 4.79 Å². The SMILES string of the molecule is CC1CC(C(=O)Nc2nccnn2)CCN1. The molecule has 1 amide bonds. The molecule has 0 saturated carbocycles. The smallest absolute Gasteiger partial charge is 0.249 e. The van der Waals surface area contributed by atoms with Crippen molar-refractivity contribution in [3.63, 3.8) is 0 Å². The van der Waals surface area contributed by atoms with Crippen LogP contribution >= 0.6 is 0 Å². The maximum absolute atomic E-state index is 11.9. The molecule has 16 heavy (non-hydrogen) atoms. The van der Waals surface area contributed by atoms with Crippen LogP contribution in [-0.4, -0.2) is 33.7 Å². The molecular weight excluding hydrogens is 206 g/mol. The fourth-order valence-corrected chi connectivity index (χ4v) is 1.89. The molecule has 1 aromatic heterocycles. The molecule has 1 fully saturated rings. The lowest BCUT2D eigenvalue weighted by atomic mass is 9.92. The molecule has 0 aliphatic carbocycles. The van der Waals surface area contributed by atoms with Crippen LogP contribution in [0.3, 0.4) is 0 Å². The summed E-state index contributed by atoms with van der Waals surface area (Å²) in [5, 5.41) is 13.4. The highest BCUT2D eigenvalue weighted by molar-refractivity contribution is 5.90. The van der Waals surface area contributed by atoms with Crippen molar-refractivity contribution in [2.24, 2.45) is 5.92 Å². The van der Waals surface area contributed by atoms with E-state index in [1.54, 1.807) is 0 Å². The Balaban J connectivity index is 1.93. The summed E-state index contributed by atoms with van der Waals surface area (Å²) in [7, 11) is 0. The number of rotatable bonds is 2. The summed E-state index contributed by atoms with van der Waals surface area (Å²) in [6, 6.07) is 0.388. The van der Waals surface area contributed by atoms with Crippen molar-refractivity contribution < 1.29 is 4.79 Å². The van der Waals surface area contributed by atoms with Crippen LogP contribution in [0.1, 0.15) is 19.8 Å². The van der Waals surface area contributed by atoms with Crippen molar-refractivity contribution in [2.45, 2.75) is 25.8 Å². The van der Waals surface area contributed by atoms with Gasteiger partial charge in [-0.1, -0.05) is 0 Å². The molecule has 86 valence electrons. The highest BCUT2D eigenvalue weighted by Gasteiger charge is 2.25. The van der Waals surface area contributed by atoms with Crippen molar-refractivity contribution in [3.05, 3.63) is 12.4 Å². The minimum Gasteiger partial charge on any atom is -0.314 e. The fourth-order valence-electron chi connectivity index (χ4n) is 1.89. The molecule has 0 spiro atoms. The van der Waals surface area contributed by atoms with Gasteiger partial charge in [-0.15, -0.1) is 5.10 Å². The lowest BCUT2D eigenvalue weighted by molar-refractivity contribution is -0.120. The van der Waals surface area contributed by atoms with E-state index >= 15 is 0 Å². The Hall–Kier alpha value is -1.56. The quantitative estimate of drug-likeness (QED) is 0.745. The number of amides is 1. The minimum atomic E-state index is -0.0126. The highest BCUT2D eigenvalue weighted by atomic mass is 16.2. The number of hydrogen-bond donors (Lipinski definition) is 2. The zero-order valence-electron chi connectivity index (χ0n) is 9.18. The van der Waals surface area contributed by atoms with Crippen LogP contribution in [0.25, 0.3) is 0 Å². The van der Waals surface area contributed by atoms with E-state index in [0.717, 1.165) is 19.4 Å². The Kier molecular flexibility index (Phi) is 3.40. The zero-order valence-corrected chi connectivity index (χ0v) is 9.18. The van der Waals surface area contributed by atoms with E-state index in [4.69, 9.17) is 0 Å². The number of piperidine rings is 1. The summed E-state index contributed by atoms with van der Waals surface area (Å²) in [5.41, 5.74) is 0. The topological polar surface area (TPSA) is 79.8 Å². The van der Waals surface area contributed by atoms with E-state index < -0.39 is 0 Å². The standard InChI is InChI=1S/C10H15N5O/c1-7-6-8(2-3-11-7)9(16)14-10-12-4-5-13-15-10/h4-5,7-8,11H,2-3,6H2,1H3,(H,12,14,15,16). The third-order valence-corrected chi connectivity index (χ3v) is 2.71. The Morgan fingerprint density at radius 1 is 1.56 bits per heavy atom. The molecule has 0 bridgehead atoms. The van der Waals surface area contributed by atoms with Crippen molar-refractivity contribution in [1.82, 2.24) is 20.5 Å². The molecule has 2 rings (SSSR count). The summed E-state index contributed by atoms with van der Waals surface area (Å²) in [4.78, 5) is 15.8. The lowest BCUT2D eigenvalue weighted by Crippen LogP contribution is -2.40. The van der Waals surface area contributed by atoms with Crippen LogP contribution in [0, 0.1) is 5.92 Å². The number of hydrogen-bond acceptors (Lipinski definition) is 5. The maximum atomic E-state index is 11.9. The van der Waals surface area contributed by atoms with Crippen LogP contribution in [0.4, 0.5) is 5.95 Å². The van der Waals surface area contributed by atoms with Gasteiger partial charge in [0.2, 0.25) is 11.9 Å². The average molecular weight is 221 g/mol. The van der Waals surface area contributed by atoms with E-state index in [-0.39, 0.29) is 17.8 Å².